The Morgan fingerprint density at radius 3 is 2.48 bits per heavy atom. The first-order valence-corrected chi connectivity index (χ1v) is 7.26. The maximum atomic E-state index is 13.5. The van der Waals surface area contributed by atoms with Crippen LogP contribution in [0.25, 0.3) is 0 Å². The molecule has 0 fully saturated rings. The van der Waals surface area contributed by atoms with Crippen molar-refractivity contribution in [3.8, 4) is 0 Å². The lowest BCUT2D eigenvalue weighted by Gasteiger charge is -2.21. The second kappa shape index (κ2) is 8.00. The van der Waals surface area contributed by atoms with Crippen LogP contribution >= 0.6 is 0 Å². The average molecular weight is 346 g/mol. The number of benzene rings is 2. The van der Waals surface area contributed by atoms with Gasteiger partial charge in [0.15, 0.2) is 0 Å². The van der Waals surface area contributed by atoms with Crippen LogP contribution < -0.4 is 0 Å². The van der Waals surface area contributed by atoms with E-state index in [0.717, 1.165) is 23.8 Å². The molecule has 2 aromatic rings. The third-order valence-electron chi connectivity index (χ3n) is 3.44. The van der Waals surface area contributed by atoms with Crippen molar-refractivity contribution in [3.05, 3.63) is 75.6 Å². The Hall–Kier alpha value is -3.29. The lowest BCUT2D eigenvalue weighted by atomic mass is 10.1. The minimum Gasteiger partial charge on any atom is -0.468 e. The van der Waals surface area contributed by atoms with Crippen molar-refractivity contribution < 1.29 is 23.6 Å². The normalized spacial score (nSPS) is 10.2. The number of amides is 1. The second-order valence-corrected chi connectivity index (χ2v) is 5.15. The van der Waals surface area contributed by atoms with E-state index >= 15 is 0 Å². The van der Waals surface area contributed by atoms with Crippen molar-refractivity contribution in [1.29, 1.82) is 0 Å². The van der Waals surface area contributed by atoms with Gasteiger partial charge in [0.25, 0.3) is 5.91 Å². The Kier molecular flexibility index (Phi) is 5.78. The Bertz CT molecular complexity index is 795. The van der Waals surface area contributed by atoms with Crippen molar-refractivity contribution in [2.24, 2.45) is 0 Å². The molecule has 0 aliphatic carbocycles. The van der Waals surface area contributed by atoms with Gasteiger partial charge in [0.05, 0.1) is 12.0 Å². The first-order chi connectivity index (χ1) is 11.9. The van der Waals surface area contributed by atoms with Crippen LogP contribution in [0, 0.1) is 15.9 Å². The maximum absolute atomic E-state index is 13.5. The number of carbonyl (C=O) groups is 2. The van der Waals surface area contributed by atoms with E-state index in [0.29, 0.717) is 0 Å². The smallest absolute Gasteiger partial charge is 0.325 e. The fraction of sp³-hybridized carbons (Fsp3) is 0.176. The van der Waals surface area contributed by atoms with Crippen LogP contribution in [-0.4, -0.2) is 35.4 Å². The zero-order valence-electron chi connectivity index (χ0n) is 13.3. The number of nitro benzene ring substituents is 1. The number of nitrogens with zero attached hydrogens (tertiary/aromatic N) is 2. The largest absolute Gasteiger partial charge is 0.468 e. The standard InChI is InChI=1S/C17H15FN2O5/c1-25-16(21)11-19(10-12-5-3-2-4-6-12)17(22)13-7-8-14(18)15(9-13)20(23)24/h2-9H,10-11H2,1H3. The summed E-state index contributed by atoms with van der Waals surface area (Å²) in [6.45, 7) is -0.241. The first kappa shape index (κ1) is 18.1. The van der Waals surface area contributed by atoms with Crippen molar-refractivity contribution in [1.82, 2.24) is 4.90 Å². The molecule has 0 unspecified atom stereocenters. The number of nitro groups is 1. The number of esters is 1. The third kappa shape index (κ3) is 4.60. The van der Waals surface area contributed by atoms with E-state index in [-0.39, 0.29) is 18.7 Å². The zero-order chi connectivity index (χ0) is 18.4. The van der Waals surface area contributed by atoms with Gasteiger partial charge in [-0.2, -0.15) is 4.39 Å². The van der Waals surface area contributed by atoms with Gasteiger partial charge in [0.2, 0.25) is 5.82 Å². The number of halogens is 1. The first-order valence-electron chi connectivity index (χ1n) is 7.26. The highest BCUT2D eigenvalue weighted by Crippen LogP contribution is 2.20. The summed E-state index contributed by atoms with van der Waals surface area (Å²) in [5.41, 5.74) is -0.132. The SMILES string of the molecule is COC(=O)CN(Cc1ccccc1)C(=O)c1ccc(F)c([N+](=O)[O-])c1. The van der Waals surface area contributed by atoms with Gasteiger partial charge in [-0.15, -0.1) is 0 Å². The summed E-state index contributed by atoms with van der Waals surface area (Å²) in [6.07, 6.45) is 0. The van der Waals surface area contributed by atoms with Gasteiger partial charge in [-0.3, -0.25) is 19.7 Å². The van der Waals surface area contributed by atoms with Gasteiger partial charge in [0.1, 0.15) is 6.54 Å². The van der Waals surface area contributed by atoms with Crippen LogP contribution in [0.2, 0.25) is 0 Å². The quantitative estimate of drug-likeness (QED) is 0.455. The molecule has 0 aliphatic rings. The van der Waals surface area contributed by atoms with Gasteiger partial charge in [-0.25, -0.2) is 0 Å². The zero-order valence-corrected chi connectivity index (χ0v) is 13.3. The Balaban J connectivity index is 2.32. The Labute approximate surface area is 142 Å². The summed E-state index contributed by atoms with van der Waals surface area (Å²) in [5.74, 6) is -2.32. The molecular weight excluding hydrogens is 331 g/mol. The Morgan fingerprint density at radius 1 is 1.20 bits per heavy atom. The van der Waals surface area contributed by atoms with Crippen molar-refractivity contribution in [3.63, 3.8) is 0 Å². The fourth-order valence-electron chi connectivity index (χ4n) is 2.19. The predicted molar refractivity (Wildman–Crippen MR) is 86.3 cm³/mol. The molecule has 0 bridgehead atoms. The molecule has 0 atom stereocenters. The minimum absolute atomic E-state index is 0.0899. The molecule has 2 rings (SSSR count). The van der Waals surface area contributed by atoms with E-state index in [1.54, 1.807) is 30.3 Å². The van der Waals surface area contributed by atoms with Crippen LogP contribution in [0.5, 0.6) is 0 Å². The molecular formula is C17H15FN2O5. The van der Waals surface area contributed by atoms with Crippen LogP contribution in [0.3, 0.4) is 0 Å². The highest BCUT2D eigenvalue weighted by atomic mass is 19.1. The Morgan fingerprint density at radius 2 is 1.88 bits per heavy atom. The molecule has 7 nitrogen and oxygen atoms in total. The molecule has 2 aromatic carbocycles. The van der Waals surface area contributed by atoms with Crippen molar-refractivity contribution >= 4 is 17.6 Å². The van der Waals surface area contributed by atoms with E-state index in [1.165, 1.54) is 12.0 Å². The van der Waals surface area contributed by atoms with Crippen LogP contribution in [-0.2, 0) is 16.1 Å². The molecule has 1 amide bonds. The van der Waals surface area contributed by atoms with Gasteiger partial charge < -0.3 is 9.64 Å². The average Bonchev–Trinajstić information content (AvgIpc) is 2.61. The van der Waals surface area contributed by atoms with E-state index in [2.05, 4.69) is 4.74 Å². The van der Waals surface area contributed by atoms with Crippen LogP contribution in [0.1, 0.15) is 15.9 Å². The van der Waals surface area contributed by atoms with Crippen molar-refractivity contribution in [2.45, 2.75) is 6.54 Å². The molecule has 130 valence electrons. The van der Waals surface area contributed by atoms with Gasteiger partial charge in [-0.1, -0.05) is 30.3 Å². The number of hydrogen-bond donors (Lipinski definition) is 0. The van der Waals surface area contributed by atoms with Crippen LogP contribution in [0.4, 0.5) is 10.1 Å². The van der Waals surface area contributed by atoms with E-state index in [9.17, 15) is 24.1 Å². The third-order valence-corrected chi connectivity index (χ3v) is 3.44. The summed E-state index contributed by atoms with van der Waals surface area (Å²) in [7, 11) is 1.19. The fourth-order valence-corrected chi connectivity index (χ4v) is 2.19. The van der Waals surface area contributed by atoms with E-state index in [4.69, 9.17) is 0 Å². The molecule has 0 radical (unpaired) electrons. The maximum Gasteiger partial charge on any atom is 0.325 e. The lowest BCUT2D eigenvalue weighted by molar-refractivity contribution is -0.387. The minimum atomic E-state index is -1.04. The number of ether oxygens (including phenoxy) is 1. The molecule has 0 saturated carbocycles. The van der Waals surface area contributed by atoms with E-state index in [1.807, 2.05) is 0 Å². The highest BCUT2D eigenvalue weighted by Gasteiger charge is 2.23. The van der Waals surface area contributed by atoms with Gasteiger partial charge >= 0.3 is 11.7 Å². The van der Waals surface area contributed by atoms with E-state index < -0.39 is 28.3 Å². The molecule has 0 aromatic heterocycles. The molecule has 0 spiro atoms. The predicted octanol–water partition coefficient (Wildman–Crippen LogP) is 2.55. The van der Waals surface area contributed by atoms with Gasteiger partial charge in [-0.05, 0) is 17.7 Å². The molecule has 25 heavy (non-hydrogen) atoms. The topological polar surface area (TPSA) is 89.8 Å². The summed E-state index contributed by atoms with van der Waals surface area (Å²) in [6, 6.07) is 11.7. The second-order valence-electron chi connectivity index (χ2n) is 5.15. The number of hydrogen-bond acceptors (Lipinski definition) is 5. The van der Waals surface area contributed by atoms with Crippen molar-refractivity contribution in [2.75, 3.05) is 13.7 Å². The summed E-state index contributed by atoms with van der Waals surface area (Å²) in [5, 5.41) is 10.8. The molecule has 0 N–H and O–H groups in total. The number of methoxy groups -OCH3 is 1. The monoisotopic (exact) mass is 346 g/mol. The molecule has 0 saturated heterocycles. The number of carbonyl (C=O) groups excluding carboxylic acids is 2. The van der Waals surface area contributed by atoms with Crippen LogP contribution in [0.15, 0.2) is 48.5 Å². The number of rotatable bonds is 6. The summed E-state index contributed by atoms with van der Waals surface area (Å²) < 4.78 is 18.0. The lowest BCUT2D eigenvalue weighted by Crippen LogP contribution is -2.35. The van der Waals surface area contributed by atoms with Gasteiger partial charge in [0, 0.05) is 18.2 Å². The summed E-state index contributed by atoms with van der Waals surface area (Å²) >= 11 is 0. The highest BCUT2D eigenvalue weighted by molar-refractivity contribution is 5.96. The molecule has 8 heteroatoms. The molecule has 0 heterocycles. The summed E-state index contributed by atoms with van der Waals surface area (Å²) in [4.78, 5) is 35.4. The molecule has 0 aliphatic heterocycles.